The molecule has 0 aliphatic carbocycles. The summed E-state index contributed by atoms with van der Waals surface area (Å²) in [6.07, 6.45) is 5.77. The molecule has 1 aromatic carbocycles. The Hall–Kier alpha value is -1.51. The average molecular weight is 252 g/mol. The number of nitrogen functional groups attached to an aromatic ring is 1. The maximum atomic E-state index is 12.0. The van der Waals surface area contributed by atoms with Crippen LogP contribution in [0.3, 0.4) is 0 Å². The maximum absolute atomic E-state index is 12.0. The summed E-state index contributed by atoms with van der Waals surface area (Å²) < 4.78 is 26.4. The number of nitrogens with one attached hydrogen (secondary N) is 1. The number of anilines is 1. The predicted octanol–water partition coefficient (Wildman–Crippen LogP) is 1.27. The molecule has 0 bridgehead atoms. The van der Waals surface area contributed by atoms with E-state index in [0.717, 1.165) is 5.56 Å². The average Bonchev–Trinajstić information content (AvgIpc) is 2.29. The first-order chi connectivity index (χ1) is 7.90. The van der Waals surface area contributed by atoms with Crippen LogP contribution in [0.25, 0.3) is 0 Å². The summed E-state index contributed by atoms with van der Waals surface area (Å²) in [5.74, 6) is 2.39. The Labute approximate surface area is 102 Å². The van der Waals surface area contributed by atoms with E-state index >= 15 is 0 Å². The first kappa shape index (κ1) is 13.6. The molecule has 17 heavy (non-hydrogen) atoms. The third-order valence-electron chi connectivity index (χ3n) is 2.46. The van der Waals surface area contributed by atoms with Crippen molar-refractivity contribution in [3.63, 3.8) is 0 Å². The molecule has 5 heteroatoms. The molecule has 0 aliphatic heterocycles. The van der Waals surface area contributed by atoms with Crippen molar-refractivity contribution in [3.8, 4) is 12.3 Å². The zero-order valence-electron chi connectivity index (χ0n) is 9.90. The molecular weight excluding hydrogens is 236 g/mol. The van der Waals surface area contributed by atoms with Crippen LogP contribution in [0.15, 0.2) is 23.1 Å². The van der Waals surface area contributed by atoms with Crippen LogP contribution >= 0.6 is 0 Å². The van der Waals surface area contributed by atoms with Gasteiger partial charge in [0, 0.05) is 5.69 Å². The predicted molar refractivity (Wildman–Crippen MR) is 68.8 cm³/mol. The Morgan fingerprint density at radius 3 is 2.65 bits per heavy atom. The molecule has 92 valence electrons. The molecule has 0 fully saturated rings. The molecule has 1 rings (SSSR count). The van der Waals surface area contributed by atoms with Crippen LogP contribution in [0.4, 0.5) is 5.69 Å². The van der Waals surface area contributed by atoms with Crippen molar-refractivity contribution in [2.24, 2.45) is 0 Å². The Morgan fingerprint density at radius 2 is 2.18 bits per heavy atom. The van der Waals surface area contributed by atoms with Crippen molar-refractivity contribution in [1.29, 1.82) is 0 Å². The normalized spacial score (nSPS) is 13.0. The highest BCUT2D eigenvalue weighted by Crippen LogP contribution is 2.17. The van der Waals surface area contributed by atoms with Crippen LogP contribution in [-0.2, 0) is 10.0 Å². The fourth-order valence-corrected chi connectivity index (χ4v) is 2.63. The molecule has 0 aliphatic rings. The molecule has 0 spiro atoms. The van der Waals surface area contributed by atoms with Crippen molar-refractivity contribution >= 4 is 15.7 Å². The van der Waals surface area contributed by atoms with E-state index in [1.165, 1.54) is 12.1 Å². The standard InChI is InChI=1S/C12H16N2O2S/c1-4-10(5-2)14-17(15,16)11-6-7-12(13)9(3)8-11/h1,6-8,10,14H,5,13H2,2-3H3. The Bertz CT molecular complexity index is 544. The van der Waals surface area contributed by atoms with Crippen LogP contribution in [0.1, 0.15) is 18.9 Å². The minimum absolute atomic E-state index is 0.179. The molecule has 1 atom stereocenters. The molecule has 0 aromatic heterocycles. The minimum atomic E-state index is -3.57. The summed E-state index contributed by atoms with van der Waals surface area (Å²) in [5.41, 5.74) is 6.92. The topological polar surface area (TPSA) is 72.2 Å². The number of nitrogens with two attached hydrogens (primary N) is 1. The molecule has 0 radical (unpaired) electrons. The highest BCUT2D eigenvalue weighted by Gasteiger charge is 2.17. The first-order valence-electron chi connectivity index (χ1n) is 5.25. The lowest BCUT2D eigenvalue weighted by molar-refractivity contribution is 0.570. The lowest BCUT2D eigenvalue weighted by atomic mass is 10.2. The van der Waals surface area contributed by atoms with Crippen LogP contribution < -0.4 is 10.5 Å². The quantitative estimate of drug-likeness (QED) is 0.626. The molecule has 0 saturated heterocycles. The van der Waals surface area contributed by atoms with Gasteiger partial charge < -0.3 is 5.73 Å². The van der Waals surface area contributed by atoms with E-state index in [1.54, 1.807) is 13.0 Å². The van der Waals surface area contributed by atoms with E-state index in [4.69, 9.17) is 12.2 Å². The van der Waals surface area contributed by atoms with Gasteiger partial charge in [0.25, 0.3) is 0 Å². The van der Waals surface area contributed by atoms with Crippen molar-refractivity contribution in [1.82, 2.24) is 4.72 Å². The molecule has 0 amide bonds. The molecule has 3 N–H and O–H groups in total. The molecule has 4 nitrogen and oxygen atoms in total. The Balaban J connectivity index is 3.06. The van der Waals surface area contributed by atoms with Gasteiger partial charge in [-0.15, -0.1) is 6.42 Å². The Kier molecular flexibility index (Phi) is 4.16. The number of hydrogen-bond acceptors (Lipinski definition) is 3. The van der Waals surface area contributed by atoms with Gasteiger partial charge in [-0.2, -0.15) is 4.72 Å². The van der Waals surface area contributed by atoms with E-state index in [-0.39, 0.29) is 4.90 Å². The highest BCUT2D eigenvalue weighted by atomic mass is 32.2. The number of benzene rings is 1. The summed E-state index contributed by atoms with van der Waals surface area (Å²) in [5, 5.41) is 0. The lowest BCUT2D eigenvalue weighted by Gasteiger charge is -2.12. The molecule has 1 unspecified atom stereocenters. The van der Waals surface area contributed by atoms with Crippen molar-refractivity contribution in [2.45, 2.75) is 31.2 Å². The molecule has 1 aromatic rings. The smallest absolute Gasteiger partial charge is 0.241 e. The summed E-state index contributed by atoms with van der Waals surface area (Å²) in [6, 6.07) is 4.08. The number of terminal acetylenes is 1. The third-order valence-corrected chi connectivity index (χ3v) is 3.93. The monoisotopic (exact) mass is 252 g/mol. The number of aryl methyl sites for hydroxylation is 1. The van der Waals surface area contributed by atoms with Crippen LogP contribution in [-0.4, -0.2) is 14.5 Å². The van der Waals surface area contributed by atoms with Gasteiger partial charge in [0.05, 0.1) is 10.9 Å². The van der Waals surface area contributed by atoms with Gasteiger partial charge >= 0.3 is 0 Å². The molecule has 0 saturated carbocycles. The summed E-state index contributed by atoms with van der Waals surface area (Å²) in [7, 11) is -3.57. The molecule has 0 heterocycles. The second-order valence-electron chi connectivity index (χ2n) is 3.77. The first-order valence-corrected chi connectivity index (χ1v) is 6.73. The van der Waals surface area contributed by atoms with Crippen LogP contribution in [0.2, 0.25) is 0 Å². The molecular formula is C12H16N2O2S. The lowest BCUT2D eigenvalue weighted by Crippen LogP contribution is -2.33. The van der Waals surface area contributed by atoms with Crippen molar-refractivity contribution in [3.05, 3.63) is 23.8 Å². The fourth-order valence-electron chi connectivity index (χ4n) is 1.31. The van der Waals surface area contributed by atoms with Crippen LogP contribution in [0, 0.1) is 19.3 Å². The summed E-state index contributed by atoms with van der Waals surface area (Å²) >= 11 is 0. The van der Waals surface area contributed by atoms with E-state index in [0.29, 0.717) is 12.1 Å². The van der Waals surface area contributed by atoms with Crippen molar-refractivity contribution < 1.29 is 8.42 Å². The SMILES string of the molecule is C#CC(CC)NS(=O)(=O)c1ccc(N)c(C)c1. The number of sulfonamides is 1. The summed E-state index contributed by atoms with van der Waals surface area (Å²) in [4.78, 5) is 0.179. The van der Waals surface area contributed by atoms with Gasteiger partial charge in [0.1, 0.15) is 0 Å². The van der Waals surface area contributed by atoms with Gasteiger partial charge in [-0.25, -0.2) is 8.42 Å². The second kappa shape index (κ2) is 5.21. The van der Waals surface area contributed by atoms with Gasteiger partial charge in [-0.1, -0.05) is 12.8 Å². The zero-order chi connectivity index (χ0) is 13.1. The third kappa shape index (κ3) is 3.22. The van der Waals surface area contributed by atoms with Crippen LogP contribution in [0.5, 0.6) is 0 Å². The van der Waals surface area contributed by atoms with Gasteiger partial charge in [0.2, 0.25) is 10.0 Å². The van der Waals surface area contributed by atoms with Gasteiger partial charge in [0.15, 0.2) is 0 Å². The van der Waals surface area contributed by atoms with Gasteiger partial charge in [-0.05, 0) is 37.1 Å². The minimum Gasteiger partial charge on any atom is -0.399 e. The van der Waals surface area contributed by atoms with E-state index in [1.807, 2.05) is 6.92 Å². The highest BCUT2D eigenvalue weighted by molar-refractivity contribution is 7.89. The van der Waals surface area contributed by atoms with E-state index < -0.39 is 16.1 Å². The van der Waals surface area contributed by atoms with E-state index in [9.17, 15) is 8.42 Å². The largest absolute Gasteiger partial charge is 0.399 e. The van der Waals surface area contributed by atoms with Gasteiger partial charge in [-0.3, -0.25) is 0 Å². The second-order valence-corrected chi connectivity index (χ2v) is 5.48. The van der Waals surface area contributed by atoms with E-state index in [2.05, 4.69) is 10.6 Å². The zero-order valence-corrected chi connectivity index (χ0v) is 10.7. The van der Waals surface area contributed by atoms with Crippen molar-refractivity contribution in [2.75, 3.05) is 5.73 Å². The summed E-state index contributed by atoms with van der Waals surface area (Å²) in [6.45, 7) is 3.58. The number of rotatable bonds is 4. The number of hydrogen-bond donors (Lipinski definition) is 2. The Morgan fingerprint density at radius 1 is 1.53 bits per heavy atom. The fraction of sp³-hybridized carbons (Fsp3) is 0.333. The maximum Gasteiger partial charge on any atom is 0.241 e.